The maximum atomic E-state index is 13.5. The van der Waals surface area contributed by atoms with Crippen LogP contribution in [-0.4, -0.2) is 30.3 Å². The maximum Gasteiger partial charge on any atom is 0.255 e. The van der Waals surface area contributed by atoms with Gasteiger partial charge in [-0.05, 0) is 93.3 Å². The first kappa shape index (κ1) is 22.2. The van der Waals surface area contributed by atoms with Gasteiger partial charge in [-0.25, -0.2) is 12.8 Å². The summed E-state index contributed by atoms with van der Waals surface area (Å²) >= 11 is 6.25. The normalized spacial score (nSPS) is 27.8. The summed E-state index contributed by atoms with van der Waals surface area (Å²) in [5.74, 6) is -1.000. The monoisotopic (exact) mass is 465 g/mol. The van der Waals surface area contributed by atoms with Crippen LogP contribution in [0.3, 0.4) is 0 Å². The third-order valence-electron chi connectivity index (χ3n) is 6.97. The zero-order chi connectivity index (χ0) is 22.6. The van der Waals surface area contributed by atoms with Gasteiger partial charge in [0.25, 0.3) is 5.91 Å². The van der Waals surface area contributed by atoms with E-state index in [1.165, 1.54) is 36.4 Å². The first-order valence-electron chi connectivity index (χ1n) is 10.3. The van der Waals surface area contributed by atoms with Crippen LogP contribution < -0.4 is 5.32 Å². The second-order valence-electron chi connectivity index (χ2n) is 8.90. The molecule has 0 aliphatic heterocycles. The zero-order valence-corrected chi connectivity index (χ0v) is 18.9. The van der Waals surface area contributed by atoms with Crippen molar-refractivity contribution in [2.75, 3.05) is 5.32 Å². The van der Waals surface area contributed by atoms with Crippen LogP contribution in [0.1, 0.15) is 48.5 Å². The van der Waals surface area contributed by atoms with E-state index in [1.54, 1.807) is 13.8 Å². The SMILES string of the molecule is Cc1cc(NC(=O)c2ccc(Cl)c(S(=O)(=O)C3CC4CCC(C3)C4(C)O)c2)ccc1F. The van der Waals surface area contributed by atoms with E-state index in [9.17, 15) is 22.7 Å². The van der Waals surface area contributed by atoms with Crippen LogP contribution in [0, 0.1) is 24.6 Å². The molecule has 31 heavy (non-hydrogen) atoms. The van der Waals surface area contributed by atoms with E-state index in [0.29, 0.717) is 24.1 Å². The number of aliphatic hydroxyl groups is 1. The molecule has 0 saturated heterocycles. The van der Waals surface area contributed by atoms with Gasteiger partial charge in [-0.15, -0.1) is 0 Å². The molecule has 2 aromatic carbocycles. The van der Waals surface area contributed by atoms with Crippen molar-refractivity contribution < 1.29 is 22.7 Å². The quantitative estimate of drug-likeness (QED) is 0.682. The largest absolute Gasteiger partial charge is 0.390 e. The fourth-order valence-corrected chi connectivity index (χ4v) is 7.39. The van der Waals surface area contributed by atoms with Crippen molar-refractivity contribution >= 4 is 33.0 Å². The van der Waals surface area contributed by atoms with Gasteiger partial charge in [-0.2, -0.15) is 0 Å². The molecule has 2 fully saturated rings. The maximum absolute atomic E-state index is 13.5. The number of anilines is 1. The fourth-order valence-electron chi connectivity index (χ4n) is 4.99. The van der Waals surface area contributed by atoms with Gasteiger partial charge in [0.1, 0.15) is 5.82 Å². The number of hydrogen-bond acceptors (Lipinski definition) is 4. The highest BCUT2D eigenvalue weighted by Crippen LogP contribution is 2.51. The van der Waals surface area contributed by atoms with E-state index in [0.717, 1.165) is 12.8 Å². The van der Waals surface area contributed by atoms with E-state index in [4.69, 9.17) is 11.6 Å². The summed E-state index contributed by atoms with van der Waals surface area (Å²) in [5.41, 5.74) is 0.121. The molecule has 2 saturated carbocycles. The second-order valence-corrected chi connectivity index (χ2v) is 11.5. The lowest BCUT2D eigenvalue weighted by molar-refractivity contribution is -0.0413. The first-order chi connectivity index (χ1) is 14.5. The molecule has 2 atom stereocenters. The third-order valence-corrected chi connectivity index (χ3v) is 9.62. The number of aryl methyl sites for hydroxylation is 1. The Balaban J connectivity index is 1.60. The van der Waals surface area contributed by atoms with Crippen molar-refractivity contribution in [1.29, 1.82) is 0 Å². The van der Waals surface area contributed by atoms with Gasteiger partial charge in [0.05, 0.1) is 20.8 Å². The number of rotatable bonds is 4. The van der Waals surface area contributed by atoms with Gasteiger partial charge < -0.3 is 10.4 Å². The highest BCUT2D eigenvalue weighted by molar-refractivity contribution is 7.92. The molecule has 2 unspecified atom stereocenters. The minimum absolute atomic E-state index is 0.0574. The molecule has 8 heteroatoms. The lowest BCUT2D eigenvalue weighted by Gasteiger charge is -2.40. The number of halogens is 2. The van der Waals surface area contributed by atoms with Crippen molar-refractivity contribution in [3.63, 3.8) is 0 Å². The Morgan fingerprint density at radius 1 is 1.16 bits per heavy atom. The summed E-state index contributed by atoms with van der Waals surface area (Å²) in [6.07, 6.45) is 2.40. The van der Waals surface area contributed by atoms with Crippen LogP contribution in [0.2, 0.25) is 5.02 Å². The number of amides is 1. The van der Waals surface area contributed by atoms with Gasteiger partial charge in [-0.3, -0.25) is 4.79 Å². The summed E-state index contributed by atoms with van der Waals surface area (Å²) < 4.78 is 40.3. The zero-order valence-electron chi connectivity index (χ0n) is 17.4. The molecule has 0 spiro atoms. The fraction of sp³-hybridized carbons (Fsp3) is 0.435. The highest BCUT2D eigenvalue weighted by atomic mass is 35.5. The molecule has 2 bridgehead atoms. The van der Waals surface area contributed by atoms with Crippen molar-refractivity contribution in [3.05, 3.63) is 58.4 Å². The van der Waals surface area contributed by atoms with E-state index in [-0.39, 0.29) is 33.1 Å². The standard InChI is InChI=1S/C23H25ClFNO4S/c1-13-9-17(6-8-20(13)25)26-22(27)14-3-7-19(24)21(10-14)31(29,30)18-11-15-4-5-16(12-18)23(15,2)28/h3,6-10,15-16,18,28H,4-5,11-12H2,1-2H3,(H,26,27). The molecule has 0 radical (unpaired) electrons. The Hall–Kier alpha value is -1.96. The van der Waals surface area contributed by atoms with Crippen LogP contribution in [0.4, 0.5) is 10.1 Å². The number of carbonyl (C=O) groups excluding carboxylic acids is 1. The van der Waals surface area contributed by atoms with Crippen molar-refractivity contribution in [2.24, 2.45) is 11.8 Å². The smallest absolute Gasteiger partial charge is 0.255 e. The minimum atomic E-state index is -3.78. The Kier molecular flexibility index (Phi) is 5.65. The molecule has 4 rings (SSSR count). The predicted molar refractivity (Wildman–Crippen MR) is 118 cm³/mol. The molecule has 0 aromatic heterocycles. The number of fused-ring (bicyclic) bond motifs is 2. The van der Waals surface area contributed by atoms with Gasteiger partial charge >= 0.3 is 0 Å². The second kappa shape index (κ2) is 7.87. The van der Waals surface area contributed by atoms with Crippen molar-refractivity contribution in [2.45, 2.75) is 55.3 Å². The van der Waals surface area contributed by atoms with Gasteiger partial charge in [-0.1, -0.05) is 11.6 Å². The third kappa shape index (κ3) is 3.99. The molecule has 0 heterocycles. The van der Waals surface area contributed by atoms with Crippen LogP contribution >= 0.6 is 11.6 Å². The molecule has 5 nitrogen and oxygen atoms in total. The van der Waals surface area contributed by atoms with Gasteiger partial charge in [0, 0.05) is 11.3 Å². The van der Waals surface area contributed by atoms with E-state index in [2.05, 4.69) is 5.32 Å². The van der Waals surface area contributed by atoms with E-state index < -0.39 is 26.6 Å². The van der Waals surface area contributed by atoms with Crippen LogP contribution in [-0.2, 0) is 9.84 Å². The Bertz CT molecular complexity index is 1130. The molecular formula is C23H25ClFNO4S. The Morgan fingerprint density at radius 3 is 2.42 bits per heavy atom. The highest BCUT2D eigenvalue weighted by Gasteiger charge is 2.53. The first-order valence-corrected chi connectivity index (χ1v) is 12.3. The summed E-state index contributed by atoms with van der Waals surface area (Å²) in [7, 11) is -3.78. The average Bonchev–Trinajstić information content (AvgIpc) is 2.87. The van der Waals surface area contributed by atoms with Crippen LogP contribution in [0.15, 0.2) is 41.3 Å². The van der Waals surface area contributed by atoms with Crippen LogP contribution in [0.25, 0.3) is 0 Å². The predicted octanol–water partition coefficient (Wildman–Crippen LogP) is 4.75. The van der Waals surface area contributed by atoms with Crippen molar-refractivity contribution in [3.8, 4) is 0 Å². The van der Waals surface area contributed by atoms with E-state index in [1.807, 2.05) is 0 Å². The van der Waals surface area contributed by atoms with Crippen molar-refractivity contribution in [1.82, 2.24) is 0 Å². The number of carbonyl (C=O) groups is 1. The molecule has 1 amide bonds. The topological polar surface area (TPSA) is 83.5 Å². The lowest BCUT2D eigenvalue weighted by atomic mass is 9.76. The number of sulfone groups is 1. The number of benzene rings is 2. The molecular weight excluding hydrogens is 441 g/mol. The molecule has 2 aliphatic carbocycles. The molecule has 166 valence electrons. The van der Waals surface area contributed by atoms with Gasteiger partial charge in [0.15, 0.2) is 9.84 Å². The molecule has 2 N–H and O–H groups in total. The molecule has 2 aromatic rings. The molecule has 2 aliphatic rings. The van der Waals surface area contributed by atoms with E-state index >= 15 is 0 Å². The summed E-state index contributed by atoms with van der Waals surface area (Å²) in [4.78, 5) is 12.6. The Morgan fingerprint density at radius 2 is 1.81 bits per heavy atom. The lowest BCUT2D eigenvalue weighted by Crippen LogP contribution is -2.45. The van der Waals surface area contributed by atoms with Gasteiger partial charge in [0.2, 0.25) is 0 Å². The Labute approximate surface area is 186 Å². The summed E-state index contributed by atoms with van der Waals surface area (Å²) in [5, 5.41) is 12.8. The average molecular weight is 466 g/mol. The summed E-state index contributed by atoms with van der Waals surface area (Å²) in [6.45, 7) is 3.39. The number of hydrogen-bond donors (Lipinski definition) is 2. The summed E-state index contributed by atoms with van der Waals surface area (Å²) in [6, 6.07) is 8.38. The minimum Gasteiger partial charge on any atom is -0.390 e. The number of nitrogens with one attached hydrogen (secondary N) is 1. The van der Waals surface area contributed by atoms with Crippen LogP contribution in [0.5, 0.6) is 0 Å².